The number of rotatable bonds is 5. The Morgan fingerprint density at radius 3 is 2.63 bits per heavy atom. The van der Waals surface area contributed by atoms with Gasteiger partial charge in [-0.2, -0.15) is 0 Å². The number of carbonyl (C=O) groups excluding carboxylic acids is 1. The van der Waals surface area contributed by atoms with E-state index in [0.717, 1.165) is 12.5 Å². The van der Waals surface area contributed by atoms with E-state index in [4.69, 9.17) is 4.74 Å². The Morgan fingerprint density at radius 2 is 1.95 bits per heavy atom. The minimum Gasteiger partial charge on any atom is -0.444 e. The van der Waals surface area contributed by atoms with Crippen molar-refractivity contribution in [2.75, 3.05) is 18.4 Å². The molecule has 1 aliphatic carbocycles. The molecule has 3 unspecified atom stereocenters. The van der Waals surface area contributed by atoms with Crippen LogP contribution in [0.2, 0.25) is 0 Å². The van der Waals surface area contributed by atoms with Crippen LogP contribution in [0.5, 0.6) is 0 Å². The second-order valence-corrected chi connectivity index (χ2v) is 11.2. The van der Waals surface area contributed by atoms with Gasteiger partial charge in [0.1, 0.15) is 29.2 Å². The van der Waals surface area contributed by atoms with Crippen molar-refractivity contribution in [1.29, 1.82) is 0 Å². The molecular weight excluding hydrogens is 499 g/mol. The fourth-order valence-corrected chi connectivity index (χ4v) is 5.46. The van der Waals surface area contributed by atoms with Gasteiger partial charge >= 0.3 is 6.09 Å². The van der Waals surface area contributed by atoms with Crippen LogP contribution in [0.3, 0.4) is 0 Å². The molecule has 2 aromatic heterocycles. The predicted octanol–water partition coefficient (Wildman–Crippen LogP) is 5.09. The molecular formula is C27H30F3N5O3. The number of anilines is 1. The van der Waals surface area contributed by atoms with E-state index in [2.05, 4.69) is 15.3 Å². The number of hydrogen-bond acceptors (Lipinski definition) is 6. The molecule has 2 aliphatic rings. The largest absolute Gasteiger partial charge is 0.444 e. The highest BCUT2D eigenvalue weighted by molar-refractivity contribution is 5.87. The molecule has 3 aromatic rings. The van der Waals surface area contributed by atoms with Gasteiger partial charge in [0.15, 0.2) is 0 Å². The first-order valence-corrected chi connectivity index (χ1v) is 12.5. The van der Waals surface area contributed by atoms with Crippen LogP contribution in [0.25, 0.3) is 11.0 Å². The lowest BCUT2D eigenvalue weighted by atomic mass is 9.95. The molecule has 0 radical (unpaired) electrons. The number of nitrogens with zero attached hydrogens (tertiary/aromatic N) is 4. The fourth-order valence-electron chi connectivity index (χ4n) is 5.46. The molecule has 1 amide bonds. The summed E-state index contributed by atoms with van der Waals surface area (Å²) in [6.07, 6.45) is -1.28. The first-order valence-electron chi connectivity index (χ1n) is 12.5. The second-order valence-electron chi connectivity index (χ2n) is 11.2. The number of alkyl halides is 2. The fraction of sp³-hybridized carbons (Fsp3) is 0.481. The van der Waals surface area contributed by atoms with Crippen LogP contribution in [0.15, 0.2) is 35.4 Å². The summed E-state index contributed by atoms with van der Waals surface area (Å²) in [5, 5.41) is 3.66. The van der Waals surface area contributed by atoms with Gasteiger partial charge in [-0.1, -0.05) is 18.2 Å². The summed E-state index contributed by atoms with van der Waals surface area (Å²) in [6, 6.07) is 4.94. The summed E-state index contributed by atoms with van der Waals surface area (Å²) in [4.78, 5) is 36.4. The Hall–Kier alpha value is -3.63. The zero-order chi connectivity index (χ0) is 27.6. The number of likely N-dealkylation sites (tertiary alicyclic amines) is 1. The Labute approximate surface area is 217 Å². The Morgan fingerprint density at radius 1 is 1.24 bits per heavy atom. The number of carbonyl (C=O) groups is 1. The van der Waals surface area contributed by atoms with Crippen molar-refractivity contribution >= 4 is 22.9 Å². The van der Waals surface area contributed by atoms with Crippen LogP contribution >= 0.6 is 0 Å². The quantitative estimate of drug-likeness (QED) is 0.496. The molecule has 11 heteroatoms. The third-order valence-electron chi connectivity index (χ3n) is 7.45. The third kappa shape index (κ3) is 4.37. The first kappa shape index (κ1) is 26.0. The number of aromatic nitrogens is 3. The van der Waals surface area contributed by atoms with Crippen LogP contribution < -0.4 is 10.9 Å². The lowest BCUT2D eigenvalue weighted by Gasteiger charge is -2.26. The number of piperidine rings is 1. The molecule has 1 saturated heterocycles. The number of benzene rings is 1. The molecule has 0 bridgehead atoms. The van der Waals surface area contributed by atoms with E-state index < -0.39 is 41.0 Å². The molecule has 3 heterocycles. The van der Waals surface area contributed by atoms with Crippen LogP contribution in [0.1, 0.15) is 63.3 Å². The van der Waals surface area contributed by atoms with Gasteiger partial charge < -0.3 is 15.0 Å². The van der Waals surface area contributed by atoms with E-state index in [-0.39, 0.29) is 17.0 Å². The number of amides is 1. The zero-order valence-electron chi connectivity index (χ0n) is 21.9. The molecule has 2 fully saturated rings. The van der Waals surface area contributed by atoms with E-state index in [9.17, 15) is 22.8 Å². The summed E-state index contributed by atoms with van der Waals surface area (Å²) >= 11 is 0. The lowest BCUT2D eigenvalue weighted by Crippen LogP contribution is -2.39. The van der Waals surface area contributed by atoms with Crippen molar-refractivity contribution in [1.82, 2.24) is 19.4 Å². The monoisotopic (exact) mass is 529 g/mol. The maximum absolute atomic E-state index is 14.8. The van der Waals surface area contributed by atoms with Gasteiger partial charge in [0.05, 0.1) is 17.0 Å². The van der Waals surface area contributed by atoms with E-state index >= 15 is 0 Å². The van der Waals surface area contributed by atoms with Crippen LogP contribution in [-0.2, 0) is 17.2 Å². The minimum atomic E-state index is -2.93. The summed E-state index contributed by atoms with van der Waals surface area (Å²) in [6.45, 7) is 7.94. The van der Waals surface area contributed by atoms with E-state index in [1.807, 2.05) is 20.8 Å². The number of ether oxygens (including phenoxy) is 1. The molecule has 8 nitrogen and oxygen atoms in total. The number of halogens is 3. The minimum absolute atomic E-state index is 0.0734. The lowest BCUT2D eigenvalue weighted by molar-refractivity contribution is 0.0270. The maximum atomic E-state index is 14.8. The molecule has 1 aromatic carbocycles. The third-order valence-corrected chi connectivity index (χ3v) is 7.45. The van der Waals surface area contributed by atoms with Crippen LogP contribution in [0, 0.1) is 11.7 Å². The molecule has 1 N–H and O–H groups in total. The SMILES string of the molecule is CC(Nc1ncnc2c1cc(C13CC1CN(C(=O)OC(C)(C)C)C3)c(=O)n2C)c1cccc(C(F)F)c1F. The number of nitrogens with one attached hydrogen (secondary N) is 1. The topological polar surface area (TPSA) is 89.4 Å². The van der Waals surface area contributed by atoms with E-state index in [1.54, 1.807) is 24.9 Å². The molecule has 5 rings (SSSR count). The highest BCUT2D eigenvalue weighted by atomic mass is 19.3. The molecule has 38 heavy (non-hydrogen) atoms. The number of aryl methyl sites for hydroxylation is 1. The smallest absolute Gasteiger partial charge is 0.410 e. The van der Waals surface area contributed by atoms with Gasteiger partial charge in [0.25, 0.3) is 12.0 Å². The predicted molar refractivity (Wildman–Crippen MR) is 136 cm³/mol. The highest BCUT2D eigenvalue weighted by Gasteiger charge is 2.63. The summed E-state index contributed by atoms with van der Waals surface area (Å²) < 4.78 is 48.2. The van der Waals surface area contributed by atoms with Gasteiger partial charge in [0.2, 0.25) is 0 Å². The van der Waals surface area contributed by atoms with Gasteiger partial charge in [0, 0.05) is 36.7 Å². The molecule has 3 atom stereocenters. The van der Waals surface area contributed by atoms with Crippen molar-refractivity contribution in [2.24, 2.45) is 13.0 Å². The van der Waals surface area contributed by atoms with Gasteiger partial charge in [-0.05, 0) is 46.1 Å². The maximum Gasteiger partial charge on any atom is 0.410 e. The normalized spacial score (nSPS) is 21.5. The summed E-state index contributed by atoms with van der Waals surface area (Å²) in [5.41, 5.74) is -0.984. The molecule has 1 aliphatic heterocycles. The van der Waals surface area contributed by atoms with Crippen molar-refractivity contribution < 1.29 is 22.7 Å². The molecule has 202 valence electrons. The highest BCUT2D eigenvalue weighted by Crippen LogP contribution is 2.58. The van der Waals surface area contributed by atoms with Crippen LogP contribution in [-0.4, -0.2) is 44.2 Å². The summed E-state index contributed by atoms with van der Waals surface area (Å²) in [5.74, 6) is -0.495. The van der Waals surface area contributed by atoms with Crippen molar-refractivity contribution in [3.8, 4) is 0 Å². The Kier molecular flexibility index (Phi) is 6.15. The average Bonchev–Trinajstić information content (AvgIpc) is 3.40. The van der Waals surface area contributed by atoms with Gasteiger partial charge in [-0.15, -0.1) is 0 Å². The number of pyridine rings is 1. The van der Waals surface area contributed by atoms with Gasteiger partial charge in [-0.25, -0.2) is 27.9 Å². The second kappa shape index (κ2) is 8.99. The van der Waals surface area contributed by atoms with Gasteiger partial charge in [-0.3, -0.25) is 9.36 Å². The Balaban J connectivity index is 1.50. The average molecular weight is 530 g/mol. The zero-order valence-corrected chi connectivity index (χ0v) is 21.9. The summed E-state index contributed by atoms with van der Waals surface area (Å²) in [7, 11) is 1.62. The van der Waals surface area contributed by atoms with Crippen molar-refractivity contribution in [3.05, 3.63) is 63.5 Å². The molecule has 1 saturated carbocycles. The number of fused-ring (bicyclic) bond motifs is 2. The first-order chi connectivity index (χ1) is 17.8. The molecule has 0 spiro atoms. The van der Waals surface area contributed by atoms with E-state index in [0.29, 0.717) is 35.5 Å². The van der Waals surface area contributed by atoms with Crippen molar-refractivity contribution in [3.63, 3.8) is 0 Å². The number of hydrogen-bond donors (Lipinski definition) is 1. The van der Waals surface area contributed by atoms with Crippen molar-refractivity contribution in [2.45, 2.75) is 57.6 Å². The van der Waals surface area contributed by atoms with E-state index in [1.165, 1.54) is 23.0 Å². The standard InChI is InChI=1S/C27H30F3N5O3/c1-14(16-7-6-8-17(20(16)28)21(29)30)33-22-18-9-19(24(36)34(5)23(18)32-13-31-22)27-10-15(27)11-35(12-27)25(37)38-26(2,3)4/h6-9,13-15,21H,10-12H2,1-5H3,(H,31,32,33). The Bertz CT molecular complexity index is 1490. The van der Waals surface area contributed by atoms with Crippen LogP contribution in [0.4, 0.5) is 23.8 Å².